The molecule has 3 aromatic rings. The summed E-state index contributed by atoms with van der Waals surface area (Å²) >= 11 is 12.3. The second kappa shape index (κ2) is 7.70. The Labute approximate surface area is 169 Å². The zero-order chi connectivity index (χ0) is 19.0. The number of benzene rings is 1. The van der Waals surface area contributed by atoms with Crippen LogP contribution in [0.5, 0.6) is 5.88 Å². The monoisotopic (exact) mass is 404 g/mol. The van der Waals surface area contributed by atoms with Gasteiger partial charge in [0.25, 0.3) is 0 Å². The molecule has 0 amide bonds. The molecule has 6 heteroatoms. The quantitative estimate of drug-likeness (QED) is 0.557. The van der Waals surface area contributed by atoms with Gasteiger partial charge in [-0.05, 0) is 56.0 Å². The van der Waals surface area contributed by atoms with Crippen molar-refractivity contribution in [2.24, 2.45) is 0 Å². The maximum absolute atomic E-state index is 6.20. The standard InChI is InChI=1S/C21H22Cl2N2O2/c1-13-14(2)25(11-15-5-6-18(22)19(23)10-15)20-17(13)7-8-24-21(20)27-12-16-4-3-9-26-16/h5-8,10,16H,3-4,9,11-12H2,1-2H3. The average Bonchev–Trinajstić information content (AvgIpc) is 3.26. The maximum atomic E-state index is 6.20. The molecule has 1 aromatic carbocycles. The van der Waals surface area contributed by atoms with E-state index >= 15 is 0 Å². The SMILES string of the molecule is Cc1c(C)n(Cc2ccc(Cl)c(Cl)c2)c2c(OCC3CCCO3)nccc12. The van der Waals surface area contributed by atoms with E-state index in [0.717, 1.165) is 35.9 Å². The summed E-state index contributed by atoms with van der Waals surface area (Å²) in [5, 5.41) is 2.28. The molecule has 4 rings (SSSR count). The predicted molar refractivity (Wildman–Crippen MR) is 109 cm³/mol. The van der Waals surface area contributed by atoms with Gasteiger partial charge in [0.1, 0.15) is 12.1 Å². The fraction of sp³-hybridized carbons (Fsp3) is 0.381. The van der Waals surface area contributed by atoms with E-state index in [1.54, 1.807) is 0 Å². The molecule has 1 unspecified atom stereocenters. The van der Waals surface area contributed by atoms with Gasteiger partial charge in [-0.1, -0.05) is 29.3 Å². The first kappa shape index (κ1) is 18.6. The first-order valence-electron chi connectivity index (χ1n) is 9.17. The minimum Gasteiger partial charge on any atom is -0.473 e. The van der Waals surface area contributed by atoms with E-state index in [4.69, 9.17) is 32.7 Å². The van der Waals surface area contributed by atoms with Crippen LogP contribution < -0.4 is 4.74 Å². The van der Waals surface area contributed by atoms with E-state index in [2.05, 4.69) is 23.4 Å². The number of aromatic nitrogens is 2. The molecule has 0 N–H and O–H groups in total. The summed E-state index contributed by atoms with van der Waals surface area (Å²) in [5.41, 5.74) is 4.51. The first-order chi connectivity index (χ1) is 13.0. The Bertz CT molecular complexity index is 978. The van der Waals surface area contributed by atoms with Gasteiger partial charge < -0.3 is 14.0 Å². The number of hydrogen-bond acceptors (Lipinski definition) is 3. The van der Waals surface area contributed by atoms with Crippen LogP contribution in [0.25, 0.3) is 10.9 Å². The van der Waals surface area contributed by atoms with Crippen LogP contribution in [0.1, 0.15) is 29.7 Å². The lowest BCUT2D eigenvalue weighted by atomic mass is 10.2. The number of aryl methyl sites for hydroxylation is 1. The molecule has 4 nitrogen and oxygen atoms in total. The summed E-state index contributed by atoms with van der Waals surface area (Å²) < 4.78 is 14.0. The van der Waals surface area contributed by atoms with Crippen molar-refractivity contribution in [1.82, 2.24) is 9.55 Å². The molecule has 142 valence electrons. The lowest BCUT2D eigenvalue weighted by Crippen LogP contribution is -2.17. The lowest BCUT2D eigenvalue weighted by Gasteiger charge is -2.14. The van der Waals surface area contributed by atoms with Crippen LogP contribution in [-0.2, 0) is 11.3 Å². The van der Waals surface area contributed by atoms with Crippen LogP contribution in [0.4, 0.5) is 0 Å². The molecule has 0 bridgehead atoms. The molecule has 27 heavy (non-hydrogen) atoms. The van der Waals surface area contributed by atoms with E-state index < -0.39 is 0 Å². The zero-order valence-electron chi connectivity index (χ0n) is 15.5. The molecule has 0 spiro atoms. The molecule has 1 aliphatic heterocycles. The highest BCUT2D eigenvalue weighted by molar-refractivity contribution is 6.42. The molecular weight excluding hydrogens is 383 g/mol. The van der Waals surface area contributed by atoms with Gasteiger partial charge >= 0.3 is 0 Å². The van der Waals surface area contributed by atoms with Crippen molar-refractivity contribution < 1.29 is 9.47 Å². The Morgan fingerprint density at radius 3 is 2.81 bits per heavy atom. The summed E-state index contributed by atoms with van der Waals surface area (Å²) in [4.78, 5) is 4.51. The van der Waals surface area contributed by atoms with Crippen molar-refractivity contribution in [2.75, 3.05) is 13.2 Å². The highest BCUT2D eigenvalue weighted by atomic mass is 35.5. The van der Waals surface area contributed by atoms with Gasteiger partial charge in [0.15, 0.2) is 0 Å². The average molecular weight is 405 g/mol. The van der Waals surface area contributed by atoms with Gasteiger partial charge in [-0.25, -0.2) is 4.98 Å². The lowest BCUT2D eigenvalue weighted by molar-refractivity contribution is 0.0668. The highest BCUT2D eigenvalue weighted by Gasteiger charge is 2.20. The molecule has 0 saturated carbocycles. The van der Waals surface area contributed by atoms with Gasteiger partial charge in [-0.3, -0.25) is 0 Å². The Kier molecular flexibility index (Phi) is 5.31. The highest BCUT2D eigenvalue weighted by Crippen LogP contribution is 2.32. The largest absolute Gasteiger partial charge is 0.473 e. The summed E-state index contributed by atoms with van der Waals surface area (Å²) in [6.45, 7) is 6.28. The Hall–Kier alpha value is -1.75. The van der Waals surface area contributed by atoms with Crippen molar-refractivity contribution in [3.8, 4) is 5.88 Å². The van der Waals surface area contributed by atoms with Crippen molar-refractivity contribution in [2.45, 2.75) is 39.3 Å². The fourth-order valence-electron chi connectivity index (χ4n) is 3.63. The van der Waals surface area contributed by atoms with E-state index in [-0.39, 0.29) is 6.10 Å². The number of fused-ring (bicyclic) bond motifs is 1. The number of pyridine rings is 1. The maximum Gasteiger partial charge on any atom is 0.238 e. The number of ether oxygens (including phenoxy) is 2. The molecule has 0 aliphatic carbocycles. The van der Waals surface area contributed by atoms with Crippen LogP contribution >= 0.6 is 23.2 Å². The van der Waals surface area contributed by atoms with Gasteiger partial charge in [-0.2, -0.15) is 0 Å². The fourth-order valence-corrected chi connectivity index (χ4v) is 3.96. The van der Waals surface area contributed by atoms with Crippen LogP contribution in [0, 0.1) is 13.8 Å². The van der Waals surface area contributed by atoms with Crippen LogP contribution in [0.15, 0.2) is 30.5 Å². The van der Waals surface area contributed by atoms with E-state index in [9.17, 15) is 0 Å². The van der Waals surface area contributed by atoms with E-state index in [0.29, 0.717) is 29.1 Å². The smallest absolute Gasteiger partial charge is 0.238 e. The molecule has 2 aromatic heterocycles. The molecule has 1 fully saturated rings. The number of halogens is 2. The normalized spacial score (nSPS) is 17.0. The van der Waals surface area contributed by atoms with Crippen LogP contribution in [0.2, 0.25) is 10.0 Å². The number of hydrogen-bond donors (Lipinski definition) is 0. The number of rotatable bonds is 5. The zero-order valence-corrected chi connectivity index (χ0v) is 17.0. The third-order valence-corrected chi connectivity index (χ3v) is 6.01. The molecule has 1 aliphatic rings. The van der Waals surface area contributed by atoms with Gasteiger partial charge in [0.05, 0.1) is 16.1 Å². The minimum absolute atomic E-state index is 0.155. The van der Waals surface area contributed by atoms with E-state index in [1.807, 2.05) is 30.5 Å². The topological polar surface area (TPSA) is 36.3 Å². The third kappa shape index (κ3) is 3.66. The van der Waals surface area contributed by atoms with Crippen molar-refractivity contribution in [3.05, 3.63) is 57.3 Å². The summed E-state index contributed by atoms with van der Waals surface area (Å²) in [5.74, 6) is 0.652. The Morgan fingerprint density at radius 2 is 2.07 bits per heavy atom. The number of nitrogens with zero attached hydrogens (tertiary/aromatic N) is 2. The van der Waals surface area contributed by atoms with Crippen LogP contribution in [-0.4, -0.2) is 28.9 Å². The van der Waals surface area contributed by atoms with Gasteiger partial charge in [0, 0.05) is 30.4 Å². The molecule has 0 radical (unpaired) electrons. The summed E-state index contributed by atoms with van der Waals surface area (Å²) in [7, 11) is 0. The predicted octanol–water partition coefficient (Wildman–Crippen LogP) is 5.57. The second-order valence-electron chi connectivity index (χ2n) is 7.00. The second-order valence-corrected chi connectivity index (χ2v) is 7.82. The molecule has 3 heterocycles. The molecule has 1 atom stereocenters. The third-order valence-electron chi connectivity index (χ3n) is 5.27. The Morgan fingerprint density at radius 1 is 1.22 bits per heavy atom. The molecular formula is C21H22Cl2N2O2. The minimum atomic E-state index is 0.155. The van der Waals surface area contributed by atoms with Gasteiger partial charge in [-0.15, -0.1) is 0 Å². The van der Waals surface area contributed by atoms with Crippen molar-refractivity contribution >= 4 is 34.1 Å². The summed E-state index contributed by atoms with van der Waals surface area (Å²) in [6, 6.07) is 7.79. The first-order valence-corrected chi connectivity index (χ1v) is 9.93. The van der Waals surface area contributed by atoms with E-state index in [1.165, 1.54) is 11.3 Å². The van der Waals surface area contributed by atoms with Gasteiger partial charge in [0.2, 0.25) is 5.88 Å². The van der Waals surface area contributed by atoms with Crippen molar-refractivity contribution in [1.29, 1.82) is 0 Å². The van der Waals surface area contributed by atoms with Crippen molar-refractivity contribution in [3.63, 3.8) is 0 Å². The summed E-state index contributed by atoms with van der Waals surface area (Å²) in [6.07, 6.45) is 4.10. The van der Waals surface area contributed by atoms with Crippen LogP contribution in [0.3, 0.4) is 0 Å². The Balaban J connectivity index is 1.71. The molecule has 1 saturated heterocycles.